The number of nitrogens with zero attached hydrogens (tertiary/aromatic N) is 1. The van der Waals surface area contributed by atoms with Gasteiger partial charge >= 0.3 is 0 Å². The molecule has 1 N–H and O–H groups in total. The summed E-state index contributed by atoms with van der Waals surface area (Å²) in [6.07, 6.45) is 5.21. The zero-order chi connectivity index (χ0) is 9.38. The highest BCUT2D eigenvalue weighted by atomic mass is 16.3. The molecule has 0 amide bonds. The maximum atomic E-state index is 5.62. The minimum Gasteiger partial charge on any atom is -0.453 e. The first-order valence-corrected chi connectivity index (χ1v) is 4.41. The zero-order valence-corrected chi connectivity index (χ0v) is 7.40. The van der Waals surface area contributed by atoms with Crippen LogP contribution in [0.2, 0.25) is 0 Å². The molecule has 14 heavy (non-hydrogen) atoms. The molecule has 1 aromatic carbocycles. The zero-order valence-electron chi connectivity index (χ0n) is 7.40. The number of nitrogens with one attached hydrogen (secondary N) is 1. The van der Waals surface area contributed by atoms with Crippen LogP contribution in [0.1, 0.15) is 5.76 Å². The molecular weight excluding hydrogens is 176 g/mol. The van der Waals surface area contributed by atoms with Crippen LogP contribution in [-0.2, 0) is 0 Å². The Bertz CT molecular complexity index is 537. The van der Waals surface area contributed by atoms with Gasteiger partial charge in [-0.05, 0) is 12.1 Å². The smallest absolute Gasteiger partial charge is 0.169 e. The highest BCUT2D eigenvalue weighted by Gasteiger charge is 2.11. The van der Waals surface area contributed by atoms with Gasteiger partial charge in [0.2, 0.25) is 0 Å². The third-order valence-corrected chi connectivity index (χ3v) is 2.20. The van der Waals surface area contributed by atoms with E-state index in [-0.39, 0.29) is 0 Å². The maximum absolute atomic E-state index is 5.62. The molecule has 1 aliphatic rings. The Morgan fingerprint density at radius 3 is 3.14 bits per heavy atom. The van der Waals surface area contributed by atoms with Crippen molar-refractivity contribution in [3.63, 3.8) is 0 Å². The minimum atomic E-state index is 0.774. The van der Waals surface area contributed by atoms with E-state index in [4.69, 9.17) is 4.42 Å². The monoisotopic (exact) mass is 184 g/mol. The van der Waals surface area contributed by atoms with Crippen molar-refractivity contribution >= 4 is 22.9 Å². The normalized spacial score (nSPS) is 13.7. The average Bonchev–Trinajstić information content (AvgIpc) is 2.42. The summed E-state index contributed by atoms with van der Waals surface area (Å²) in [7, 11) is 0. The van der Waals surface area contributed by atoms with Gasteiger partial charge in [0, 0.05) is 17.8 Å². The summed E-state index contributed by atoms with van der Waals surface area (Å²) in [5.74, 6) is 0.774. The highest BCUT2D eigenvalue weighted by Crippen LogP contribution is 2.30. The lowest BCUT2D eigenvalue weighted by Crippen LogP contribution is -1.86. The van der Waals surface area contributed by atoms with Crippen LogP contribution in [0.15, 0.2) is 46.1 Å². The number of hydrogen-bond donors (Lipinski definition) is 1. The Morgan fingerprint density at radius 2 is 2.14 bits per heavy atom. The van der Waals surface area contributed by atoms with Gasteiger partial charge in [0.15, 0.2) is 5.76 Å². The SMILES string of the molecule is C1=CNc2c(oc3ccccc23)C=N1. The van der Waals surface area contributed by atoms with E-state index in [1.807, 2.05) is 24.3 Å². The van der Waals surface area contributed by atoms with Crippen LogP contribution < -0.4 is 5.32 Å². The predicted octanol–water partition coefficient (Wildman–Crippen LogP) is 2.75. The van der Waals surface area contributed by atoms with E-state index in [9.17, 15) is 0 Å². The van der Waals surface area contributed by atoms with Crippen molar-refractivity contribution in [1.29, 1.82) is 0 Å². The molecule has 2 aromatic rings. The molecule has 3 rings (SSSR count). The van der Waals surface area contributed by atoms with E-state index in [1.54, 1.807) is 18.6 Å². The molecule has 68 valence electrons. The van der Waals surface area contributed by atoms with Crippen molar-refractivity contribution in [2.45, 2.75) is 0 Å². The molecule has 1 aromatic heterocycles. The molecule has 3 nitrogen and oxygen atoms in total. The molecule has 0 radical (unpaired) electrons. The standard InChI is InChI=1S/C11H8N2O/c1-2-4-9-8(3-1)11-10(14-9)7-12-5-6-13-11/h1-7,13H. The number of aliphatic imine (C=N–C) groups is 1. The fourth-order valence-electron chi connectivity index (χ4n) is 1.58. The molecule has 0 saturated heterocycles. The fourth-order valence-corrected chi connectivity index (χ4v) is 1.58. The molecule has 1 aliphatic heterocycles. The summed E-state index contributed by atoms with van der Waals surface area (Å²) in [5.41, 5.74) is 1.87. The number of para-hydroxylation sites is 1. The van der Waals surface area contributed by atoms with E-state index in [0.717, 1.165) is 22.4 Å². The van der Waals surface area contributed by atoms with Crippen molar-refractivity contribution in [2.24, 2.45) is 4.99 Å². The van der Waals surface area contributed by atoms with Crippen LogP contribution in [0, 0.1) is 0 Å². The number of rotatable bonds is 0. The Morgan fingerprint density at radius 1 is 1.21 bits per heavy atom. The molecule has 0 atom stereocenters. The lowest BCUT2D eigenvalue weighted by molar-refractivity contribution is 0.609. The Labute approximate surface area is 80.8 Å². The minimum absolute atomic E-state index is 0.774. The van der Waals surface area contributed by atoms with Gasteiger partial charge < -0.3 is 9.73 Å². The highest BCUT2D eigenvalue weighted by molar-refractivity contribution is 6.01. The van der Waals surface area contributed by atoms with Gasteiger partial charge in [0.25, 0.3) is 0 Å². The second kappa shape index (κ2) is 2.73. The van der Waals surface area contributed by atoms with Crippen LogP contribution in [0.4, 0.5) is 5.69 Å². The number of anilines is 1. The summed E-state index contributed by atoms with van der Waals surface area (Å²) in [5, 5.41) is 4.23. The van der Waals surface area contributed by atoms with Gasteiger partial charge in [0.05, 0.1) is 11.9 Å². The van der Waals surface area contributed by atoms with E-state index < -0.39 is 0 Å². The Hall–Kier alpha value is -2.03. The maximum Gasteiger partial charge on any atom is 0.169 e. The van der Waals surface area contributed by atoms with Crippen LogP contribution in [0.5, 0.6) is 0 Å². The van der Waals surface area contributed by atoms with Crippen molar-refractivity contribution < 1.29 is 4.42 Å². The Balaban J connectivity index is 2.37. The third-order valence-electron chi connectivity index (χ3n) is 2.20. The number of furan rings is 1. The second-order valence-corrected chi connectivity index (χ2v) is 3.08. The van der Waals surface area contributed by atoms with Crippen molar-refractivity contribution in [2.75, 3.05) is 5.32 Å². The molecule has 0 aliphatic carbocycles. The quantitative estimate of drug-likeness (QED) is 0.683. The summed E-state index contributed by atoms with van der Waals surface area (Å²) in [6.45, 7) is 0. The molecule has 0 unspecified atom stereocenters. The van der Waals surface area contributed by atoms with Gasteiger partial charge in [-0.25, -0.2) is 0 Å². The molecule has 0 bridgehead atoms. The van der Waals surface area contributed by atoms with E-state index >= 15 is 0 Å². The molecule has 0 saturated carbocycles. The summed E-state index contributed by atoms with van der Waals surface area (Å²) < 4.78 is 5.62. The fraction of sp³-hybridized carbons (Fsp3) is 0. The summed E-state index contributed by atoms with van der Waals surface area (Å²) >= 11 is 0. The van der Waals surface area contributed by atoms with Crippen molar-refractivity contribution in [1.82, 2.24) is 0 Å². The molecular formula is C11H8N2O. The lowest BCUT2D eigenvalue weighted by Gasteiger charge is -1.95. The number of hydrogen-bond acceptors (Lipinski definition) is 3. The Kier molecular flexibility index (Phi) is 1.44. The average molecular weight is 184 g/mol. The van der Waals surface area contributed by atoms with Gasteiger partial charge in [-0.1, -0.05) is 12.1 Å². The van der Waals surface area contributed by atoms with Crippen LogP contribution in [0.25, 0.3) is 11.0 Å². The van der Waals surface area contributed by atoms with Gasteiger partial charge in [-0.3, -0.25) is 4.99 Å². The number of benzene rings is 1. The lowest BCUT2D eigenvalue weighted by atomic mass is 10.2. The van der Waals surface area contributed by atoms with E-state index in [2.05, 4.69) is 10.3 Å². The topological polar surface area (TPSA) is 37.5 Å². The second-order valence-electron chi connectivity index (χ2n) is 3.08. The van der Waals surface area contributed by atoms with Crippen molar-refractivity contribution in [3.8, 4) is 0 Å². The summed E-state index contributed by atoms with van der Waals surface area (Å²) in [6, 6.07) is 7.92. The molecule has 2 heterocycles. The van der Waals surface area contributed by atoms with Crippen LogP contribution >= 0.6 is 0 Å². The molecule has 0 fully saturated rings. The van der Waals surface area contributed by atoms with Crippen LogP contribution in [0.3, 0.4) is 0 Å². The number of fused-ring (bicyclic) bond motifs is 3. The van der Waals surface area contributed by atoms with Gasteiger partial charge in [-0.2, -0.15) is 0 Å². The first kappa shape index (κ1) is 7.38. The predicted molar refractivity (Wildman–Crippen MR) is 56.6 cm³/mol. The molecule has 0 spiro atoms. The largest absolute Gasteiger partial charge is 0.453 e. The van der Waals surface area contributed by atoms with Gasteiger partial charge in [-0.15, -0.1) is 0 Å². The molecule has 3 heteroatoms. The van der Waals surface area contributed by atoms with E-state index in [1.165, 1.54) is 0 Å². The van der Waals surface area contributed by atoms with Crippen molar-refractivity contribution in [3.05, 3.63) is 42.4 Å². The van der Waals surface area contributed by atoms with E-state index in [0.29, 0.717) is 0 Å². The summed E-state index contributed by atoms with van der Waals surface area (Å²) in [4.78, 5) is 4.05. The first-order chi connectivity index (χ1) is 6.95. The third kappa shape index (κ3) is 0.956. The first-order valence-electron chi connectivity index (χ1n) is 4.41. The van der Waals surface area contributed by atoms with Crippen LogP contribution in [-0.4, -0.2) is 6.21 Å². The van der Waals surface area contributed by atoms with Gasteiger partial charge in [0.1, 0.15) is 5.58 Å².